The van der Waals surface area contributed by atoms with Crippen LogP contribution in [0.2, 0.25) is 0 Å². The number of benzene rings is 1. The number of halogens is 1. The van der Waals surface area contributed by atoms with Crippen molar-refractivity contribution in [2.45, 2.75) is 32.4 Å². The Morgan fingerprint density at radius 3 is 2.65 bits per heavy atom. The summed E-state index contributed by atoms with van der Waals surface area (Å²) < 4.78 is 5.75. The maximum Gasteiger partial charge on any atom is 0.226 e. The van der Waals surface area contributed by atoms with E-state index >= 15 is 0 Å². The van der Waals surface area contributed by atoms with Crippen LogP contribution in [0.15, 0.2) is 30.3 Å². The van der Waals surface area contributed by atoms with Crippen LogP contribution in [0.5, 0.6) is 0 Å². The quantitative estimate of drug-likeness (QED) is 0.866. The topological polar surface area (TPSA) is 41.6 Å². The van der Waals surface area contributed by atoms with Crippen LogP contribution in [0, 0.1) is 11.8 Å². The van der Waals surface area contributed by atoms with E-state index in [1.807, 2.05) is 23.1 Å². The Kier molecular flexibility index (Phi) is 6.88. The average molecular weight is 339 g/mol. The van der Waals surface area contributed by atoms with Crippen molar-refractivity contribution in [3.8, 4) is 0 Å². The zero-order chi connectivity index (χ0) is 15.4. The fourth-order valence-corrected chi connectivity index (χ4v) is 3.22. The lowest BCUT2D eigenvalue weighted by atomic mass is 9.87. The van der Waals surface area contributed by atoms with E-state index in [-0.39, 0.29) is 30.3 Å². The standard InChI is InChI=1S/C18H26N2O2.ClH/c1-14(16-10-19-11-16)18(21)20(13-17-8-5-9-22-17)12-15-6-3-2-4-7-15;/h2-4,6-7,14,16-17,19H,5,8-13H2,1H3;1H. The van der Waals surface area contributed by atoms with Crippen molar-refractivity contribution in [2.24, 2.45) is 11.8 Å². The van der Waals surface area contributed by atoms with Crippen LogP contribution >= 0.6 is 12.4 Å². The van der Waals surface area contributed by atoms with Gasteiger partial charge in [0.15, 0.2) is 0 Å². The Morgan fingerprint density at radius 2 is 2.09 bits per heavy atom. The molecule has 4 nitrogen and oxygen atoms in total. The highest BCUT2D eigenvalue weighted by Gasteiger charge is 2.33. The molecule has 0 bridgehead atoms. The van der Waals surface area contributed by atoms with E-state index in [2.05, 4.69) is 24.4 Å². The molecule has 2 saturated heterocycles. The highest BCUT2D eigenvalue weighted by molar-refractivity contribution is 5.85. The van der Waals surface area contributed by atoms with Gasteiger partial charge in [0.25, 0.3) is 0 Å². The minimum Gasteiger partial charge on any atom is -0.376 e. The van der Waals surface area contributed by atoms with Gasteiger partial charge in [0.1, 0.15) is 0 Å². The van der Waals surface area contributed by atoms with Crippen molar-refractivity contribution in [1.29, 1.82) is 0 Å². The summed E-state index contributed by atoms with van der Waals surface area (Å²) in [5.74, 6) is 0.840. The van der Waals surface area contributed by atoms with Crippen LogP contribution in [-0.2, 0) is 16.1 Å². The lowest BCUT2D eigenvalue weighted by Gasteiger charge is -2.35. The molecular weight excluding hydrogens is 312 g/mol. The third-order valence-electron chi connectivity index (χ3n) is 4.89. The molecule has 1 N–H and O–H groups in total. The van der Waals surface area contributed by atoms with Crippen molar-refractivity contribution < 1.29 is 9.53 Å². The Bertz CT molecular complexity index is 487. The van der Waals surface area contributed by atoms with Gasteiger partial charge in [0.05, 0.1) is 6.10 Å². The lowest BCUT2D eigenvalue weighted by molar-refractivity contribution is -0.139. The molecule has 1 aromatic carbocycles. The maximum absolute atomic E-state index is 12.9. The number of nitrogens with one attached hydrogen (secondary N) is 1. The zero-order valence-corrected chi connectivity index (χ0v) is 14.6. The second-order valence-electron chi connectivity index (χ2n) is 6.55. The van der Waals surface area contributed by atoms with Crippen LogP contribution in [0.4, 0.5) is 0 Å². The van der Waals surface area contributed by atoms with Crippen molar-refractivity contribution in [3.63, 3.8) is 0 Å². The van der Waals surface area contributed by atoms with Crippen molar-refractivity contribution in [1.82, 2.24) is 10.2 Å². The van der Waals surface area contributed by atoms with E-state index in [0.29, 0.717) is 12.5 Å². The average Bonchev–Trinajstić information content (AvgIpc) is 2.98. The van der Waals surface area contributed by atoms with E-state index in [0.717, 1.165) is 39.1 Å². The van der Waals surface area contributed by atoms with Gasteiger partial charge in [0.2, 0.25) is 5.91 Å². The SMILES string of the molecule is CC(C(=O)N(Cc1ccccc1)CC1CCCO1)C1CNC1.Cl. The molecule has 2 aliphatic rings. The molecule has 23 heavy (non-hydrogen) atoms. The molecule has 1 amide bonds. The van der Waals surface area contributed by atoms with E-state index in [1.165, 1.54) is 5.56 Å². The summed E-state index contributed by atoms with van der Waals surface area (Å²) in [5, 5.41) is 3.26. The molecule has 0 aromatic heterocycles. The number of carbonyl (C=O) groups is 1. The van der Waals surface area contributed by atoms with Gasteiger partial charge in [-0.05, 0) is 37.4 Å². The van der Waals surface area contributed by atoms with Crippen molar-refractivity contribution in [2.75, 3.05) is 26.2 Å². The molecule has 3 rings (SSSR count). The molecule has 5 heteroatoms. The Labute approximate surface area is 145 Å². The highest BCUT2D eigenvalue weighted by atomic mass is 35.5. The summed E-state index contributed by atoms with van der Waals surface area (Å²) in [4.78, 5) is 14.9. The number of nitrogens with zero attached hydrogens (tertiary/aromatic N) is 1. The largest absolute Gasteiger partial charge is 0.376 e. The molecule has 0 spiro atoms. The number of ether oxygens (including phenoxy) is 1. The number of carbonyl (C=O) groups excluding carboxylic acids is 1. The molecule has 2 heterocycles. The van der Waals surface area contributed by atoms with Crippen LogP contribution in [0.1, 0.15) is 25.3 Å². The Balaban J connectivity index is 0.00000192. The summed E-state index contributed by atoms with van der Waals surface area (Å²) in [6, 6.07) is 10.3. The molecule has 0 radical (unpaired) electrons. The summed E-state index contributed by atoms with van der Waals surface area (Å²) in [6.45, 7) is 6.24. The smallest absolute Gasteiger partial charge is 0.226 e. The van der Waals surface area contributed by atoms with Gasteiger partial charge >= 0.3 is 0 Å². The molecule has 2 fully saturated rings. The van der Waals surface area contributed by atoms with E-state index in [1.54, 1.807) is 0 Å². The first-order valence-electron chi connectivity index (χ1n) is 8.39. The third-order valence-corrected chi connectivity index (χ3v) is 4.89. The first-order chi connectivity index (χ1) is 10.7. The van der Waals surface area contributed by atoms with Gasteiger partial charge in [-0.25, -0.2) is 0 Å². The van der Waals surface area contributed by atoms with Gasteiger partial charge in [-0.3, -0.25) is 4.79 Å². The molecule has 128 valence electrons. The lowest BCUT2D eigenvalue weighted by Crippen LogP contribution is -2.51. The number of hydrogen-bond acceptors (Lipinski definition) is 3. The minimum atomic E-state index is 0. The van der Waals surface area contributed by atoms with Crippen LogP contribution < -0.4 is 5.32 Å². The van der Waals surface area contributed by atoms with Crippen LogP contribution in [0.25, 0.3) is 0 Å². The maximum atomic E-state index is 12.9. The fraction of sp³-hybridized carbons (Fsp3) is 0.611. The van der Waals surface area contributed by atoms with E-state index < -0.39 is 0 Å². The molecule has 1 aromatic rings. The van der Waals surface area contributed by atoms with Crippen molar-refractivity contribution >= 4 is 18.3 Å². The van der Waals surface area contributed by atoms with Crippen LogP contribution in [0.3, 0.4) is 0 Å². The third kappa shape index (κ3) is 4.69. The molecular formula is C18H27ClN2O2. The first kappa shape index (κ1) is 18.2. The van der Waals surface area contributed by atoms with Gasteiger partial charge in [-0.15, -0.1) is 12.4 Å². The van der Waals surface area contributed by atoms with Crippen LogP contribution in [-0.4, -0.2) is 43.2 Å². The van der Waals surface area contributed by atoms with Gasteiger partial charge < -0.3 is 15.0 Å². The molecule has 2 unspecified atom stereocenters. The fourth-order valence-electron chi connectivity index (χ4n) is 3.22. The molecule has 0 saturated carbocycles. The minimum absolute atomic E-state index is 0. The number of hydrogen-bond donors (Lipinski definition) is 1. The van der Waals surface area contributed by atoms with Gasteiger partial charge in [-0.1, -0.05) is 37.3 Å². The molecule has 0 aliphatic carbocycles. The first-order valence-corrected chi connectivity index (χ1v) is 8.39. The number of rotatable bonds is 6. The summed E-state index contributed by atoms with van der Waals surface area (Å²) in [7, 11) is 0. The summed E-state index contributed by atoms with van der Waals surface area (Å²) in [6.07, 6.45) is 2.39. The Hall–Kier alpha value is -1.10. The second-order valence-corrected chi connectivity index (χ2v) is 6.55. The second kappa shape index (κ2) is 8.67. The summed E-state index contributed by atoms with van der Waals surface area (Å²) in [5.41, 5.74) is 1.19. The summed E-state index contributed by atoms with van der Waals surface area (Å²) >= 11 is 0. The monoisotopic (exact) mass is 338 g/mol. The molecule has 2 aliphatic heterocycles. The van der Waals surface area contributed by atoms with Gasteiger partial charge in [-0.2, -0.15) is 0 Å². The van der Waals surface area contributed by atoms with E-state index in [9.17, 15) is 4.79 Å². The number of amides is 1. The molecule has 2 atom stereocenters. The highest BCUT2D eigenvalue weighted by Crippen LogP contribution is 2.22. The zero-order valence-electron chi connectivity index (χ0n) is 13.7. The predicted molar refractivity (Wildman–Crippen MR) is 93.6 cm³/mol. The Morgan fingerprint density at radius 1 is 1.35 bits per heavy atom. The predicted octanol–water partition coefficient (Wildman–Crippen LogP) is 2.47. The van der Waals surface area contributed by atoms with E-state index in [4.69, 9.17) is 4.74 Å². The van der Waals surface area contributed by atoms with Gasteiger partial charge in [0, 0.05) is 25.6 Å². The normalized spacial score (nSPS) is 22.0. The van der Waals surface area contributed by atoms with Crippen molar-refractivity contribution in [3.05, 3.63) is 35.9 Å².